The van der Waals surface area contributed by atoms with Crippen molar-refractivity contribution in [1.82, 2.24) is 9.88 Å². The number of benzene rings is 1. The van der Waals surface area contributed by atoms with Crippen LogP contribution in [0.1, 0.15) is 35.0 Å². The van der Waals surface area contributed by atoms with Crippen LogP contribution in [0.4, 0.5) is 30.2 Å². The first kappa shape index (κ1) is 25.3. The third-order valence-electron chi connectivity index (χ3n) is 5.69. The smallest absolute Gasteiger partial charge is 0.370 e. The molecular weight excluding hydrogens is 447 g/mol. The summed E-state index contributed by atoms with van der Waals surface area (Å²) in [6, 6.07) is 5.48. The summed E-state index contributed by atoms with van der Waals surface area (Å²) in [5, 5.41) is 5.19. The number of hydrogen-bond donors (Lipinski definition) is 3. The zero-order valence-electron chi connectivity index (χ0n) is 19.5. The van der Waals surface area contributed by atoms with E-state index in [0.717, 1.165) is 32.1 Å². The van der Waals surface area contributed by atoms with Gasteiger partial charge in [-0.1, -0.05) is 6.92 Å². The lowest BCUT2D eigenvalue weighted by atomic mass is 10.1. The molecule has 0 aliphatic carbocycles. The zero-order valence-corrected chi connectivity index (χ0v) is 19.5. The molecule has 11 heteroatoms. The van der Waals surface area contributed by atoms with Gasteiger partial charge >= 0.3 is 6.18 Å². The molecule has 0 bridgehead atoms. The molecule has 0 radical (unpaired) electrons. The second kappa shape index (κ2) is 10.7. The fourth-order valence-corrected chi connectivity index (χ4v) is 3.79. The number of rotatable bonds is 6. The number of aromatic nitrogens is 1. The lowest BCUT2D eigenvalue weighted by molar-refractivity contribution is -0.136. The molecule has 8 nitrogen and oxygen atoms in total. The van der Waals surface area contributed by atoms with Crippen LogP contribution in [0.5, 0.6) is 0 Å². The van der Waals surface area contributed by atoms with E-state index >= 15 is 0 Å². The molecule has 1 amide bonds. The van der Waals surface area contributed by atoms with Gasteiger partial charge < -0.3 is 21.3 Å². The Morgan fingerprint density at radius 2 is 1.85 bits per heavy atom. The minimum Gasteiger partial charge on any atom is -0.370 e. The van der Waals surface area contributed by atoms with Crippen LogP contribution < -0.4 is 21.3 Å². The van der Waals surface area contributed by atoms with Crippen molar-refractivity contribution in [3.05, 3.63) is 47.3 Å². The third-order valence-corrected chi connectivity index (χ3v) is 5.69. The number of nitrogens with two attached hydrogens (primary N) is 1. The van der Waals surface area contributed by atoms with Crippen LogP contribution in [-0.4, -0.2) is 61.5 Å². The quantitative estimate of drug-likeness (QED) is 0.435. The zero-order chi connectivity index (χ0) is 24.9. The molecule has 0 spiro atoms. The molecule has 1 aliphatic heterocycles. The molecular formula is C23H30F3N7O. The van der Waals surface area contributed by atoms with Crippen molar-refractivity contribution in [2.75, 3.05) is 55.3 Å². The fourth-order valence-electron chi connectivity index (χ4n) is 3.79. The van der Waals surface area contributed by atoms with Gasteiger partial charge in [-0.25, -0.2) is 0 Å². The number of aliphatic imine (C=N–C) groups is 1. The van der Waals surface area contributed by atoms with Crippen LogP contribution in [0, 0.1) is 6.92 Å². The van der Waals surface area contributed by atoms with Gasteiger partial charge in [-0.3, -0.25) is 19.7 Å². The summed E-state index contributed by atoms with van der Waals surface area (Å²) in [6.07, 6.45) is -2.29. The number of amides is 1. The monoisotopic (exact) mass is 477 g/mol. The molecule has 1 aliphatic rings. The van der Waals surface area contributed by atoms with Crippen LogP contribution in [0.3, 0.4) is 0 Å². The van der Waals surface area contributed by atoms with E-state index in [1.54, 1.807) is 13.0 Å². The SMILES string of the molecule is CCCN1CCN(c2ccc(NC(=O)c3cnc(C)c(NC(N)=NC)c3)c(C(F)(F)F)c2)CC1. The number of anilines is 3. The highest BCUT2D eigenvalue weighted by atomic mass is 19.4. The van der Waals surface area contributed by atoms with Crippen molar-refractivity contribution < 1.29 is 18.0 Å². The van der Waals surface area contributed by atoms with E-state index in [1.807, 2.05) is 4.90 Å². The molecule has 4 N–H and O–H groups in total. The van der Waals surface area contributed by atoms with Gasteiger partial charge in [-0.05, 0) is 44.2 Å². The maximum atomic E-state index is 13.9. The molecule has 1 saturated heterocycles. The van der Waals surface area contributed by atoms with Crippen LogP contribution in [0.25, 0.3) is 0 Å². The van der Waals surface area contributed by atoms with Crippen molar-refractivity contribution in [2.45, 2.75) is 26.4 Å². The first-order chi connectivity index (χ1) is 16.1. The van der Waals surface area contributed by atoms with Gasteiger partial charge in [0.2, 0.25) is 0 Å². The standard InChI is InChI=1S/C23H30F3N7O/c1-4-7-32-8-10-33(11-9-32)17-5-6-19(18(13-17)23(24,25)26)30-21(34)16-12-20(15(2)29-14-16)31-22(27)28-3/h5-6,12-14H,4,7-11H2,1-3H3,(H,30,34)(H3,27,28,31). The Kier molecular flexibility index (Phi) is 7.98. The normalized spacial score (nSPS) is 15.4. The predicted molar refractivity (Wildman–Crippen MR) is 128 cm³/mol. The number of hydrogen-bond acceptors (Lipinski definition) is 5. The molecule has 2 heterocycles. The summed E-state index contributed by atoms with van der Waals surface area (Å²) in [6.45, 7) is 7.70. The van der Waals surface area contributed by atoms with Crippen LogP contribution in [-0.2, 0) is 6.18 Å². The number of guanidine groups is 1. The maximum Gasteiger partial charge on any atom is 0.418 e. The molecule has 1 fully saturated rings. The van der Waals surface area contributed by atoms with Gasteiger partial charge in [0.05, 0.1) is 28.2 Å². The van der Waals surface area contributed by atoms with Gasteiger partial charge in [-0.2, -0.15) is 13.2 Å². The van der Waals surface area contributed by atoms with Crippen molar-refractivity contribution in [3.63, 3.8) is 0 Å². The van der Waals surface area contributed by atoms with E-state index in [1.165, 1.54) is 25.4 Å². The van der Waals surface area contributed by atoms with Gasteiger partial charge in [0, 0.05) is 45.1 Å². The van der Waals surface area contributed by atoms with E-state index in [4.69, 9.17) is 5.73 Å². The average molecular weight is 478 g/mol. The van der Waals surface area contributed by atoms with Gasteiger partial charge in [0.1, 0.15) is 0 Å². The molecule has 1 aromatic carbocycles. The van der Waals surface area contributed by atoms with E-state index in [9.17, 15) is 18.0 Å². The highest BCUT2D eigenvalue weighted by molar-refractivity contribution is 6.05. The van der Waals surface area contributed by atoms with Crippen molar-refractivity contribution in [2.24, 2.45) is 10.7 Å². The predicted octanol–water partition coefficient (Wildman–Crippen LogP) is 3.55. The molecule has 3 rings (SSSR count). The van der Waals surface area contributed by atoms with Gasteiger partial charge in [0.15, 0.2) is 5.96 Å². The molecule has 184 valence electrons. The lowest BCUT2D eigenvalue weighted by Crippen LogP contribution is -2.46. The molecule has 0 saturated carbocycles. The van der Waals surface area contributed by atoms with Crippen molar-refractivity contribution in [1.29, 1.82) is 0 Å². The molecule has 2 aromatic rings. The van der Waals surface area contributed by atoms with Crippen LogP contribution in [0.2, 0.25) is 0 Å². The Morgan fingerprint density at radius 1 is 1.15 bits per heavy atom. The second-order valence-corrected chi connectivity index (χ2v) is 8.10. The van der Waals surface area contributed by atoms with E-state index < -0.39 is 17.6 Å². The van der Waals surface area contributed by atoms with Crippen LogP contribution >= 0.6 is 0 Å². The average Bonchev–Trinajstić information content (AvgIpc) is 2.80. The van der Waals surface area contributed by atoms with Crippen molar-refractivity contribution in [3.8, 4) is 0 Å². The van der Waals surface area contributed by atoms with Gasteiger partial charge in [-0.15, -0.1) is 0 Å². The summed E-state index contributed by atoms with van der Waals surface area (Å²) in [5.74, 6) is -0.595. The summed E-state index contributed by atoms with van der Waals surface area (Å²) >= 11 is 0. The first-order valence-corrected chi connectivity index (χ1v) is 11.1. The minimum absolute atomic E-state index is 0.0845. The summed E-state index contributed by atoms with van der Waals surface area (Å²) in [5.41, 5.74) is 6.03. The first-order valence-electron chi connectivity index (χ1n) is 11.1. The highest BCUT2D eigenvalue weighted by Gasteiger charge is 2.35. The van der Waals surface area contributed by atoms with E-state index in [2.05, 4.69) is 32.4 Å². The van der Waals surface area contributed by atoms with E-state index in [0.29, 0.717) is 30.2 Å². The number of carbonyl (C=O) groups is 1. The number of piperazine rings is 1. The number of nitrogens with one attached hydrogen (secondary N) is 2. The fraction of sp³-hybridized carbons (Fsp3) is 0.435. The van der Waals surface area contributed by atoms with E-state index in [-0.39, 0.29) is 17.2 Å². The largest absolute Gasteiger partial charge is 0.418 e. The summed E-state index contributed by atoms with van der Waals surface area (Å²) < 4.78 is 41.6. The van der Waals surface area contributed by atoms with Crippen LogP contribution in [0.15, 0.2) is 35.5 Å². The number of pyridine rings is 1. The number of alkyl halides is 3. The minimum atomic E-state index is -4.63. The molecule has 1 aromatic heterocycles. The van der Waals surface area contributed by atoms with Crippen molar-refractivity contribution >= 4 is 28.9 Å². The third kappa shape index (κ3) is 6.16. The Hall–Kier alpha value is -3.34. The van der Waals surface area contributed by atoms with Gasteiger partial charge in [0.25, 0.3) is 5.91 Å². The molecule has 0 unspecified atom stereocenters. The second-order valence-electron chi connectivity index (χ2n) is 8.10. The lowest BCUT2D eigenvalue weighted by Gasteiger charge is -2.36. The Morgan fingerprint density at radius 3 is 2.47 bits per heavy atom. The summed E-state index contributed by atoms with van der Waals surface area (Å²) in [7, 11) is 1.50. The number of aryl methyl sites for hydroxylation is 1. The topological polar surface area (TPSA) is 98.9 Å². The maximum absolute atomic E-state index is 13.9. The number of nitrogens with zero attached hydrogens (tertiary/aromatic N) is 4. The highest BCUT2D eigenvalue weighted by Crippen LogP contribution is 2.38. The number of carbonyl (C=O) groups excluding carboxylic acids is 1. The molecule has 34 heavy (non-hydrogen) atoms. The Bertz CT molecular complexity index is 1050. The summed E-state index contributed by atoms with van der Waals surface area (Å²) in [4.78, 5) is 24.9. The Balaban J connectivity index is 1.82. The Labute approximate surface area is 197 Å². The number of halogens is 3. The molecule has 0 atom stereocenters.